The average molecular weight is 275 g/mol. The zero-order valence-corrected chi connectivity index (χ0v) is 12.4. The molecule has 0 aliphatic rings. The molecule has 0 saturated heterocycles. The van der Waals surface area contributed by atoms with E-state index in [2.05, 4.69) is 32.7 Å². The highest BCUT2D eigenvalue weighted by atomic mass is 16.5. The molecule has 0 spiro atoms. The minimum absolute atomic E-state index is 0.563. The van der Waals surface area contributed by atoms with Gasteiger partial charge in [-0.05, 0) is 20.8 Å². The SMILES string of the molecule is CCNc1nc(CC)nc(NCc2cc(C)no2)c1C. The van der Waals surface area contributed by atoms with Crippen LogP contribution in [0.2, 0.25) is 0 Å². The molecule has 0 aromatic carbocycles. The topological polar surface area (TPSA) is 75.9 Å². The molecule has 108 valence electrons. The van der Waals surface area contributed by atoms with Crippen LogP contribution in [0.1, 0.15) is 36.7 Å². The molecule has 0 aliphatic heterocycles. The van der Waals surface area contributed by atoms with Crippen LogP contribution in [0, 0.1) is 13.8 Å². The van der Waals surface area contributed by atoms with Gasteiger partial charge in [0.25, 0.3) is 0 Å². The van der Waals surface area contributed by atoms with Gasteiger partial charge in [-0.2, -0.15) is 0 Å². The lowest BCUT2D eigenvalue weighted by molar-refractivity contribution is 0.384. The summed E-state index contributed by atoms with van der Waals surface area (Å²) in [5.41, 5.74) is 1.89. The van der Waals surface area contributed by atoms with Crippen molar-refractivity contribution in [3.05, 3.63) is 28.9 Å². The number of anilines is 2. The molecule has 0 bridgehead atoms. The third-order valence-corrected chi connectivity index (χ3v) is 2.96. The van der Waals surface area contributed by atoms with Gasteiger partial charge >= 0.3 is 0 Å². The molecule has 0 atom stereocenters. The van der Waals surface area contributed by atoms with Crippen molar-refractivity contribution in [1.29, 1.82) is 0 Å². The molecule has 0 saturated carbocycles. The monoisotopic (exact) mass is 275 g/mol. The molecular formula is C14H21N5O. The molecular weight excluding hydrogens is 254 g/mol. The first kappa shape index (κ1) is 14.3. The van der Waals surface area contributed by atoms with Crippen LogP contribution in [-0.2, 0) is 13.0 Å². The first-order chi connectivity index (χ1) is 9.63. The average Bonchev–Trinajstić information content (AvgIpc) is 2.85. The van der Waals surface area contributed by atoms with E-state index in [1.54, 1.807) is 0 Å². The van der Waals surface area contributed by atoms with Crippen LogP contribution in [-0.4, -0.2) is 21.7 Å². The lowest BCUT2D eigenvalue weighted by Gasteiger charge is -2.13. The Balaban J connectivity index is 2.19. The minimum atomic E-state index is 0.563. The van der Waals surface area contributed by atoms with Crippen molar-refractivity contribution in [2.24, 2.45) is 0 Å². The number of aromatic nitrogens is 3. The van der Waals surface area contributed by atoms with Crippen LogP contribution < -0.4 is 10.6 Å². The molecule has 2 aromatic rings. The second-order valence-corrected chi connectivity index (χ2v) is 4.63. The van der Waals surface area contributed by atoms with Gasteiger partial charge in [0.15, 0.2) is 5.76 Å². The fourth-order valence-electron chi connectivity index (χ4n) is 1.90. The molecule has 6 heteroatoms. The summed E-state index contributed by atoms with van der Waals surface area (Å²) >= 11 is 0. The molecule has 0 radical (unpaired) electrons. The molecule has 0 unspecified atom stereocenters. The normalized spacial score (nSPS) is 10.6. The molecule has 0 fully saturated rings. The number of rotatable bonds is 6. The summed E-state index contributed by atoms with van der Waals surface area (Å²) in [4.78, 5) is 9.03. The number of aryl methyl sites for hydroxylation is 2. The molecule has 0 aliphatic carbocycles. The maximum absolute atomic E-state index is 5.19. The Kier molecular flexibility index (Phi) is 4.55. The maximum atomic E-state index is 5.19. The quantitative estimate of drug-likeness (QED) is 0.844. The predicted octanol–water partition coefficient (Wildman–Crippen LogP) is 2.69. The molecule has 20 heavy (non-hydrogen) atoms. The molecule has 0 amide bonds. The third kappa shape index (κ3) is 3.26. The van der Waals surface area contributed by atoms with Crippen molar-refractivity contribution in [2.75, 3.05) is 17.2 Å². The van der Waals surface area contributed by atoms with Gasteiger partial charge in [0.2, 0.25) is 0 Å². The lowest BCUT2D eigenvalue weighted by atomic mass is 10.2. The summed E-state index contributed by atoms with van der Waals surface area (Å²) in [7, 11) is 0. The molecule has 2 heterocycles. The Labute approximate surface area is 119 Å². The van der Waals surface area contributed by atoms with Gasteiger partial charge < -0.3 is 15.2 Å². The van der Waals surface area contributed by atoms with Gasteiger partial charge in [0.05, 0.1) is 12.2 Å². The van der Waals surface area contributed by atoms with Crippen LogP contribution in [0.25, 0.3) is 0 Å². The van der Waals surface area contributed by atoms with Crippen LogP contribution in [0.4, 0.5) is 11.6 Å². The van der Waals surface area contributed by atoms with E-state index in [4.69, 9.17) is 4.52 Å². The van der Waals surface area contributed by atoms with E-state index in [1.807, 2.05) is 26.8 Å². The highest BCUT2D eigenvalue weighted by Gasteiger charge is 2.10. The summed E-state index contributed by atoms with van der Waals surface area (Å²) in [5.74, 6) is 3.34. The molecule has 6 nitrogen and oxygen atoms in total. The summed E-state index contributed by atoms with van der Waals surface area (Å²) in [6.07, 6.45) is 0.800. The smallest absolute Gasteiger partial charge is 0.156 e. The summed E-state index contributed by atoms with van der Waals surface area (Å²) < 4.78 is 5.19. The molecule has 2 rings (SSSR count). The van der Waals surface area contributed by atoms with Crippen LogP contribution in [0.15, 0.2) is 10.6 Å². The van der Waals surface area contributed by atoms with Crippen LogP contribution in [0.3, 0.4) is 0 Å². The van der Waals surface area contributed by atoms with Crippen molar-refractivity contribution in [3.63, 3.8) is 0 Å². The zero-order valence-electron chi connectivity index (χ0n) is 12.4. The van der Waals surface area contributed by atoms with Crippen LogP contribution >= 0.6 is 0 Å². The lowest BCUT2D eigenvalue weighted by Crippen LogP contribution is -2.10. The first-order valence-corrected chi connectivity index (χ1v) is 6.91. The second kappa shape index (κ2) is 6.36. The summed E-state index contributed by atoms with van der Waals surface area (Å²) in [6, 6.07) is 1.91. The fourth-order valence-corrected chi connectivity index (χ4v) is 1.90. The Morgan fingerprint density at radius 3 is 2.35 bits per heavy atom. The largest absolute Gasteiger partial charge is 0.370 e. The molecule has 2 aromatic heterocycles. The number of nitrogens with one attached hydrogen (secondary N) is 2. The number of hydrogen-bond donors (Lipinski definition) is 2. The van der Waals surface area contributed by atoms with Crippen molar-refractivity contribution in [1.82, 2.24) is 15.1 Å². The van der Waals surface area contributed by atoms with E-state index in [-0.39, 0.29) is 0 Å². The van der Waals surface area contributed by atoms with E-state index in [9.17, 15) is 0 Å². The van der Waals surface area contributed by atoms with Crippen molar-refractivity contribution in [2.45, 2.75) is 40.7 Å². The highest BCUT2D eigenvalue weighted by Crippen LogP contribution is 2.20. The second-order valence-electron chi connectivity index (χ2n) is 4.63. The number of nitrogens with zero attached hydrogens (tertiary/aromatic N) is 3. The van der Waals surface area contributed by atoms with E-state index in [1.165, 1.54) is 0 Å². The standard InChI is InChI=1S/C14H21N5O/c1-5-12-17-13(15-6-2)10(4)14(18-12)16-8-11-7-9(3)19-20-11/h7H,5-6,8H2,1-4H3,(H2,15,16,17,18). The zero-order chi connectivity index (χ0) is 14.5. The highest BCUT2D eigenvalue weighted by molar-refractivity contribution is 5.57. The van der Waals surface area contributed by atoms with E-state index < -0.39 is 0 Å². The summed E-state index contributed by atoms with van der Waals surface area (Å²) in [6.45, 7) is 9.41. The van der Waals surface area contributed by atoms with Gasteiger partial charge in [-0.1, -0.05) is 12.1 Å². The van der Waals surface area contributed by atoms with Crippen molar-refractivity contribution < 1.29 is 4.52 Å². The van der Waals surface area contributed by atoms with E-state index >= 15 is 0 Å². The first-order valence-electron chi connectivity index (χ1n) is 6.91. The Morgan fingerprint density at radius 1 is 1.10 bits per heavy atom. The minimum Gasteiger partial charge on any atom is -0.370 e. The fraction of sp³-hybridized carbons (Fsp3) is 0.500. The Bertz CT molecular complexity index is 579. The third-order valence-electron chi connectivity index (χ3n) is 2.96. The number of hydrogen-bond acceptors (Lipinski definition) is 6. The van der Waals surface area contributed by atoms with Crippen LogP contribution in [0.5, 0.6) is 0 Å². The van der Waals surface area contributed by atoms with E-state index in [0.717, 1.165) is 47.4 Å². The Morgan fingerprint density at radius 2 is 1.80 bits per heavy atom. The van der Waals surface area contributed by atoms with Gasteiger partial charge in [0.1, 0.15) is 17.5 Å². The van der Waals surface area contributed by atoms with Crippen molar-refractivity contribution in [3.8, 4) is 0 Å². The molecule has 2 N–H and O–H groups in total. The van der Waals surface area contributed by atoms with Gasteiger partial charge in [-0.3, -0.25) is 0 Å². The van der Waals surface area contributed by atoms with E-state index in [0.29, 0.717) is 6.54 Å². The summed E-state index contributed by atoms with van der Waals surface area (Å²) in [5, 5.41) is 10.4. The maximum Gasteiger partial charge on any atom is 0.156 e. The van der Waals surface area contributed by atoms with Gasteiger partial charge in [-0.25, -0.2) is 9.97 Å². The van der Waals surface area contributed by atoms with Gasteiger partial charge in [0, 0.05) is 24.6 Å². The van der Waals surface area contributed by atoms with Gasteiger partial charge in [-0.15, -0.1) is 0 Å². The Hall–Kier alpha value is -2.11. The predicted molar refractivity (Wildman–Crippen MR) is 78.9 cm³/mol. The van der Waals surface area contributed by atoms with Crippen molar-refractivity contribution >= 4 is 11.6 Å².